The van der Waals surface area contributed by atoms with Crippen molar-refractivity contribution in [3.8, 4) is 11.4 Å². The predicted octanol–water partition coefficient (Wildman–Crippen LogP) is 3.39. The van der Waals surface area contributed by atoms with Gasteiger partial charge in [0.25, 0.3) is 0 Å². The normalized spacial score (nSPS) is 23.2. The first-order chi connectivity index (χ1) is 16.1. The molecule has 33 heavy (non-hydrogen) atoms. The Labute approximate surface area is 193 Å². The molecule has 2 aromatic heterocycles. The smallest absolute Gasteiger partial charge is 0.222 e. The summed E-state index contributed by atoms with van der Waals surface area (Å²) in [7, 11) is 3.55. The van der Waals surface area contributed by atoms with Crippen molar-refractivity contribution in [3.05, 3.63) is 60.2 Å². The van der Waals surface area contributed by atoms with Gasteiger partial charge < -0.3 is 24.7 Å². The summed E-state index contributed by atoms with van der Waals surface area (Å²) in [5, 5.41) is 6.83. The number of anilines is 2. The van der Waals surface area contributed by atoms with E-state index in [9.17, 15) is 0 Å². The van der Waals surface area contributed by atoms with E-state index in [0.29, 0.717) is 12.6 Å². The molecule has 3 aliphatic rings. The first-order valence-corrected chi connectivity index (χ1v) is 11.6. The molecule has 2 saturated heterocycles. The number of piperidine rings is 1. The number of rotatable bonds is 4. The Morgan fingerprint density at radius 1 is 1.18 bits per heavy atom. The highest BCUT2D eigenvalue weighted by molar-refractivity contribution is 5.69. The third-order valence-electron chi connectivity index (χ3n) is 7.43. The average molecular weight is 447 g/mol. The number of hydrogen-bond donors (Lipinski definition) is 2. The predicted molar refractivity (Wildman–Crippen MR) is 127 cm³/mol. The molecule has 0 aliphatic carbocycles. The van der Waals surface area contributed by atoms with Crippen molar-refractivity contribution in [1.82, 2.24) is 19.4 Å². The number of aromatic nitrogens is 3. The number of likely N-dealkylation sites (tertiary alicyclic amines) is 1. The lowest BCUT2D eigenvalue weighted by molar-refractivity contribution is -0.0452. The van der Waals surface area contributed by atoms with Crippen molar-refractivity contribution in [2.24, 2.45) is 0 Å². The van der Waals surface area contributed by atoms with E-state index in [1.54, 1.807) is 7.11 Å². The van der Waals surface area contributed by atoms with E-state index in [1.807, 2.05) is 25.5 Å². The molecular formula is C25H30N6O2. The lowest BCUT2D eigenvalue weighted by Crippen LogP contribution is -2.46. The molecule has 6 rings (SSSR count). The van der Waals surface area contributed by atoms with E-state index < -0.39 is 0 Å². The Morgan fingerprint density at radius 3 is 2.76 bits per heavy atom. The number of hydrogen-bond acceptors (Lipinski definition) is 7. The second kappa shape index (κ2) is 7.74. The van der Waals surface area contributed by atoms with Crippen molar-refractivity contribution in [1.29, 1.82) is 0 Å². The van der Waals surface area contributed by atoms with Crippen LogP contribution in [0.3, 0.4) is 0 Å². The summed E-state index contributed by atoms with van der Waals surface area (Å²) < 4.78 is 14.4. The molecule has 0 saturated carbocycles. The minimum Gasteiger partial charge on any atom is -0.497 e. The summed E-state index contributed by atoms with van der Waals surface area (Å²) in [5.74, 6) is 1.52. The summed E-state index contributed by atoms with van der Waals surface area (Å²) in [4.78, 5) is 11.2. The van der Waals surface area contributed by atoms with E-state index in [-0.39, 0.29) is 11.1 Å². The van der Waals surface area contributed by atoms with Crippen molar-refractivity contribution in [3.63, 3.8) is 0 Å². The molecule has 0 bridgehead atoms. The molecule has 1 aromatic carbocycles. The summed E-state index contributed by atoms with van der Waals surface area (Å²) in [6, 6.07) is 10.6. The number of methoxy groups -OCH3 is 1. The average Bonchev–Trinajstić information content (AvgIpc) is 3.48. The number of nitrogens with zero attached hydrogens (tertiary/aromatic N) is 4. The zero-order valence-electron chi connectivity index (χ0n) is 19.2. The molecule has 5 heterocycles. The summed E-state index contributed by atoms with van der Waals surface area (Å²) in [5.41, 5.74) is 4.36. The van der Waals surface area contributed by atoms with Crippen LogP contribution in [0.4, 0.5) is 11.6 Å². The van der Waals surface area contributed by atoms with Gasteiger partial charge in [-0.3, -0.25) is 4.90 Å². The minimum atomic E-state index is -0.220. The Kier molecular flexibility index (Phi) is 4.81. The summed E-state index contributed by atoms with van der Waals surface area (Å²) in [6.07, 6.45) is 8.99. The molecule has 3 aliphatic heterocycles. The van der Waals surface area contributed by atoms with Crippen LogP contribution in [0.1, 0.15) is 30.5 Å². The van der Waals surface area contributed by atoms with E-state index in [0.717, 1.165) is 61.6 Å². The first-order valence-electron chi connectivity index (χ1n) is 11.6. The maximum absolute atomic E-state index is 6.63. The summed E-state index contributed by atoms with van der Waals surface area (Å²) >= 11 is 0. The van der Waals surface area contributed by atoms with Gasteiger partial charge in [-0.25, -0.2) is 9.97 Å². The lowest BCUT2D eigenvalue weighted by atomic mass is 9.79. The summed E-state index contributed by atoms with van der Waals surface area (Å²) in [6.45, 7) is 3.57. The van der Waals surface area contributed by atoms with Crippen LogP contribution < -0.4 is 15.4 Å². The van der Waals surface area contributed by atoms with Crippen LogP contribution in [-0.2, 0) is 16.8 Å². The molecule has 0 amide bonds. The van der Waals surface area contributed by atoms with Gasteiger partial charge >= 0.3 is 0 Å². The fraction of sp³-hybridized carbons (Fsp3) is 0.440. The van der Waals surface area contributed by atoms with E-state index in [1.165, 1.54) is 5.69 Å². The highest BCUT2D eigenvalue weighted by Crippen LogP contribution is 2.50. The Bertz CT molecular complexity index is 1150. The van der Waals surface area contributed by atoms with Crippen LogP contribution in [0.5, 0.6) is 5.75 Å². The lowest BCUT2D eigenvalue weighted by Gasteiger charge is -2.41. The highest BCUT2D eigenvalue weighted by atomic mass is 16.5. The molecule has 2 N–H and O–H groups in total. The molecule has 2 fully saturated rings. The van der Waals surface area contributed by atoms with Gasteiger partial charge in [0, 0.05) is 63.3 Å². The number of benzene rings is 1. The van der Waals surface area contributed by atoms with Gasteiger partial charge in [-0.05, 0) is 37.1 Å². The fourth-order valence-corrected chi connectivity index (χ4v) is 5.69. The van der Waals surface area contributed by atoms with Crippen molar-refractivity contribution in [2.75, 3.05) is 44.5 Å². The monoisotopic (exact) mass is 446 g/mol. The maximum Gasteiger partial charge on any atom is 0.222 e. The second-order valence-corrected chi connectivity index (χ2v) is 9.44. The van der Waals surface area contributed by atoms with Gasteiger partial charge in [0.2, 0.25) is 5.95 Å². The van der Waals surface area contributed by atoms with Crippen LogP contribution in [0.25, 0.3) is 5.69 Å². The van der Waals surface area contributed by atoms with Gasteiger partial charge in [-0.1, -0.05) is 0 Å². The Balaban J connectivity index is 1.19. The maximum atomic E-state index is 6.63. The van der Waals surface area contributed by atoms with Crippen LogP contribution in [0.2, 0.25) is 0 Å². The van der Waals surface area contributed by atoms with E-state index in [4.69, 9.17) is 9.47 Å². The number of ether oxygens (including phenoxy) is 2. The molecule has 172 valence electrons. The SMILES string of the molecule is CNc1ncc(CN2CCC3(CC2)CC2(CO3)Nc3cc(OC)ccc3-n3cccc32)cn1. The van der Waals surface area contributed by atoms with Crippen molar-refractivity contribution in [2.45, 2.75) is 36.9 Å². The molecule has 8 nitrogen and oxygen atoms in total. The van der Waals surface area contributed by atoms with Crippen LogP contribution in [0.15, 0.2) is 48.9 Å². The molecule has 1 atom stereocenters. The topological polar surface area (TPSA) is 76.5 Å². The van der Waals surface area contributed by atoms with E-state index in [2.05, 4.69) is 60.5 Å². The van der Waals surface area contributed by atoms with Crippen molar-refractivity contribution >= 4 is 11.6 Å². The zero-order valence-corrected chi connectivity index (χ0v) is 19.2. The largest absolute Gasteiger partial charge is 0.497 e. The third-order valence-corrected chi connectivity index (χ3v) is 7.43. The quantitative estimate of drug-likeness (QED) is 0.636. The fourth-order valence-electron chi connectivity index (χ4n) is 5.69. The molecular weight excluding hydrogens is 416 g/mol. The van der Waals surface area contributed by atoms with Gasteiger partial charge in [-0.2, -0.15) is 0 Å². The van der Waals surface area contributed by atoms with Crippen LogP contribution in [-0.4, -0.2) is 58.9 Å². The second-order valence-electron chi connectivity index (χ2n) is 9.44. The van der Waals surface area contributed by atoms with Crippen LogP contribution >= 0.6 is 0 Å². The first kappa shape index (κ1) is 20.5. The van der Waals surface area contributed by atoms with Gasteiger partial charge in [0.1, 0.15) is 11.3 Å². The standard InChI is InChI=1S/C25H30N6O2/c1-26-23-27-13-18(14-28-23)15-30-10-7-24(8-11-30)16-25(17-33-24)22-4-3-9-31(22)21-6-5-19(32-2)12-20(21)29-25/h3-6,9,12-14,29H,7-8,10-11,15-17H2,1-2H3,(H,26,27,28). The molecule has 3 aromatic rings. The number of fused-ring (bicyclic) bond motifs is 4. The van der Waals surface area contributed by atoms with Gasteiger partial charge in [0.15, 0.2) is 0 Å². The molecule has 0 radical (unpaired) electrons. The third kappa shape index (κ3) is 3.45. The van der Waals surface area contributed by atoms with Crippen LogP contribution in [0, 0.1) is 0 Å². The highest BCUT2D eigenvalue weighted by Gasteiger charge is 2.53. The van der Waals surface area contributed by atoms with E-state index >= 15 is 0 Å². The molecule has 1 unspecified atom stereocenters. The zero-order chi connectivity index (χ0) is 22.5. The Hall–Kier alpha value is -3.10. The molecule has 8 heteroatoms. The minimum absolute atomic E-state index is 0.0958. The number of nitrogens with one attached hydrogen (secondary N) is 2. The molecule has 2 spiro atoms. The van der Waals surface area contributed by atoms with Gasteiger partial charge in [-0.15, -0.1) is 0 Å². The Morgan fingerprint density at radius 2 is 2.00 bits per heavy atom. The van der Waals surface area contributed by atoms with Crippen molar-refractivity contribution < 1.29 is 9.47 Å². The van der Waals surface area contributed by atoms with Gasteiger partial charge in [0.05, 0.1) is 36.4 Å².